The van der Waals surface area contributed by atoms with Crippen molar-refractivity contribution in [3.05, 3.63) is 47.8 Å². The van der Waals surface area contributed by atoms with Crippen LogP contribution in [0.1, 0.15) is 50.0 Å². The normalized spacial score (nSPS) is 19.4. The summed E-state index contributed by atoms with van der Waals surface area (Å²) in [5.74, 6) is -0.162. The SMILES string of the molecule is CCC1(C(Cl)c2ccc(F)c3ccccc23)CCCC1. The molecular weight excluding hydrogens is 271 g/mol. The van der Waals surface area contributed by atoms with E-state index in [0.29, 0.717) is 5.39 Å². The molecule has 0 aromatic heterocycles. The maximum atomic E-state index is 13.9. The fourth-order valence-corrected chi connectivity index (χ4v) is 4.26. The minimum absolute atomic E-state index is 0.0273. The predicted molar refractivity (Wildman–Crippen MR) is 83.7 cm³/mol. The van der Waals surface area contributed by atoms with Gasteiger partial charge in [0, 0.05) is 5.39 Å². The first-order valence-electron chi connectivity index (χ1n) is 7.49. The topological polar surface area (TPSA) is 0 Å². The summed E-state index contributed by atoms with van der Waals surface area (Å²) in [6.45, 7) is 2.23. The van der Waals surface area contributed by atoms with Gasteiger partial charge < -0.3 is 0 Å². The summed E-state index contributed by atoms with van der Waals surface area (Å²) in [5, 5.41) is 1.62. The number of hydrogen-bond acceptors (Lipinski definition) is 0. The van der Waals surface area contributed by atoms with Gasteiger partial charge in [0.15, 0.2) is 0 Å². The molecule has 0 aliphatic heterocycles. The van der Waals surface area contributed by atoms with Gasteiger partial charge in [0.25, 0.3) is 0 Å². The molecular formula is C18H20ClF. The van der Waals surface area contributed by atoms with E-state index in [9.17, 15) is 4.39 Å². The molecule has 2 aromatic carbocycles. The van der Waals surface area contributed by atoms with Gasteiger partial charge in [-0.2, -0.15) is 0 Å². The summed E-state index contributed by atoms with van der Waals surface area (Å²) in [4.78, 5) is 0. The third kappa shape index (κ3) is 2.13. The van der Waals surface area contributed by atoms with Crippen molar-refractivity contribution in [2.24, 2.45) is 5.41 Å². The highest BCUT2D eigenvalue weighted by molar-refractivity contribution is 6.22. The lowest BCUT2D eigenvalue weighted by molar-refractivity contribution is 0.272. The van der Waals surface area contributed by atoms with Gasteiger partial charge in [0.05, 0.1) is 5.38 Å². The number of hydrogen-bond donors (Lipinski definition) is 0. The van der Waals surface area contributed by atoms with Gasteiger partial charge >= 0.3 is 0 Å². The van der Waals surface area contributed by atoms with E-state index in [4.69, 9.17) is 11.6 Å². The maximum absolute atomic E-state index is 13.9. The Labute approximate surface area is 124 Å². The standard InChI is InChI=1S/C18H20ClF/c1-2-18(11-5-6-12-18)17(19)15-9-10-16(20)14-8-4-3-7-13(14)15/h3-4,7-10,17H,2,5-6,11-12H2,1H3. The van der Waals surface area contributed by atoms with Gasteiger partial charge in [0.2, 0.25) is 0 Å². The highest BCUT2D eigenvalue weighted by atomic mass is 35.5. The zero-order valence-electron chi connectivity index (χ0n) is 11.8. The molecule has 2 heteroatoms. The van der Waals surface area contributed by atoms with E-state index in [1.54, 1.807) is 6.07 Å². The first-order chi connectivity index (χ1) is 9.68. The van der Waals surface area contributed by atoms with Crippen molar-refractivity contribution in [2.75, 3.05) is 0 Å². The van der Waals surface area contributed by atoms with Gasteiger partial charge in [0.1, 0.15) is 5.82 Å². The van der Waals surface area contributed by atoms with Crippen LogP contribution in [0.5, 0.6) is 0 Å². The van der Waals surface area contributed by atoms with Crippen molar-refractivity contribution in [3.63, 3.8) is 0 Å². The van der Waals surface area contributed by atoms with E-state index < -0.39 is 0 Å². The molecule has 3 rings (SSSR count). The Balaban J connectivity index is 2.12. The fraction of sp³-hybridized carbons (Fsp3) is 0.444. The minimum Gasteiger partial charge on any atom is -0.206 e. The highest BCUT2D eigenvalue weighted by Crippen LogP contribution is 2.54. The van der Waals surface area contributed by atoms with Crippen LogP contribution in [0.3, 0.4) is 0 Å². The molecule has 0 saturated heterocycles. The van der Waals surface area contributed by atoms with Gasteiger partial charge in [-0.25, -0.2) is 4.39 Å². The van der Waals surface area contributed by atoms with Crippen molar-refractivity contribution in [3.8, 4) is 0 Å². The smallest absolute Gasteiger partial charge is 0.131 e. The number of fused-ring (bicyclic) bond motifs is 1. The van der Waals surface area contributed by atoms with Crippen LogP contribution in [0.4, 0.5) is 4.39 Å². The maximum Gasteiger partial charge on any atom is 0.131 e. The summed E-state index contributed by atoms with van der Waals surface area (Å²) >= 11 is 6.88. The third-order valence-corrected chi connectivity index (χ3v) is 5.72. The van der Waals surface area contributed by atoms with Crippen LogP contribution in [-0.4, -0.2) is 0 Å². The highest BCUT2D eigenvalue weighted by Gasteiger charge is 2.40. The molecule has 0 heterocycles. The lowest BCUT2D eigenvalue weighted by atomic mass is 9.76. The second-order valence-corrected chi connectivity index (χ2v) is 6.40. The molecule has 1 aliphatic carbocycles. The molecule has 1 aliphatic rings. The van der Waals surface area contributed by atoms with Crippen LogP contribution in [-0.2, 0) is 0 Å². The molecule has 0 amide bonds. The number of halogens is 2. The molecule has 0 spiro atoms. The van der Waals surface area contributed by atoms with Crippen LogP contribution in [0, 0.1) is 11.2 Å². The second-order valence-electron chi connectivity index (χ2n) is 5.97. The Morgan fingerprint density at radius 3 is 2.40 bits per heavy atom. The first-order valence-corrected chi connectivity index (χ1v) is 7.93. The van der Waals surface area contributed by atoms with E-state index in [1.807, 2.05) is 30.3 Å². The molecule has 1 saturated carbocycles. The summed E-state index contributed by atoms with van der Waals surface area (Å²) < 4.78 is 13.9. The van der Waals surface area contributed by atoms with Crippen LogP contribution in [0.25, 0.3) is 10.8 Å². The van der Waals surface area contributed by atoms with E-state index in [1.165, 1.54) is 25.7 Å². The molecule has 0 bridgehead atoms. The zero-order chi connectivity index (χ0) is 14.2. The van der Waals surface area contributed by atoms with Crippen LogP contribution in [0.2, 0.25) is 0 Å². The Morgan fingerprint density at radius 2 is 1.75 bits per heavy atom. The molecule has 1 atom stereocenters. The predicted octanol–water partition coefficient (Wildman–Crippen LogP) is 6.23. The lowest BCUT2D eigenvalue weighted by Gasteiger charge is -2.33. The summed E-state index contributed by atoms with van der Waals surface area (Å²) in [7, 11) is 0. The number of rotatable bonds is 3. The van der Waals surface area contributed by atoms with E-state index in [0.717, 1.165) is 17.4 Å². The van der Waals surface area contributed by atoms with E-state index in [-0.39, 0.29) is 16.6 Å². The number of alkyl halides is 1. The van der Waals surface area contributed by atoms with Crippen LogP contribution >= 0.6 is 11.6 Å². The Morgan fingerprint density at radius 1 is 1.10 bits per heavy atom. The quantitative estimate of drug-likeness (QED) is 0.588. The first kappa shape index (κ1) is 13.9. The fourth-order valence-electron chi connectivity index (χ4n) is 3.70. The van der Waals surface area contributed by atoms with Gasteiger partial charge in [-0.1, -0.05) is 50.1 Å². The average molecular weight is 291 g/mol. The van der Waals surface area contributed by atoms with Gasteiger partial charge in [-0.3, -0.25) is 0 Å². The van der Waals surface area contributed by atoms with Crippen molar-refractivity contribution >= 4 is 22.4 Å². The van der Waals surface area contributed by atoms with Gasteiger partial charge in [-0.15, -0.1) is 11.6 Å². The van der Waals surface area contributed by atoms with Crippen molar-refractivity contribution in [2.45, 2.75) is 44.4 Å². The summed E-state index contributed by atoms with van der Waals surface area (Å²) in [6, 6.07) is 11.1. The molecule has 20 heavy (non-hydrogen) atoms. The monoisotopic (exact) mass is 290 g/mol. The zero-order valence-corrected chi connectivity index (χ0v) is 12.6. The van der Waals surface area contributed by atoms with Crippen LogP contribution in [0.15, 0.2) is 36.4 Å². The molecule has 0 radical (unpaired) electrons. The average Bonchev–Trinajstić information content (AvgIpc) is 2.97. The molecule has 1 fully saturated rings. The van der Waals surface area contributed by atoms with Crippen molar-refractivity contribution in [1.82, 2.24) is 0 Å². The van der Waals surface area contributed by atoms with Gasteiger partial charge in [-0.05, 0) is 41.7 Å². The largest absolute Gasteiger partial charge is 0.206 e. The van der Waals surface area contributed by atoms with E-state index >= 15 is 0 Å². The summed E-state index contributed by atoms with van der Waals surface area (Å²) in [5.41, 5.74) is 1.27. The molecule has 0 nitrogen and oxygen atoms in total. The molecule has 106 valence electrons. The Hall–Kier alpha value is -1.08. The third-order valence-electron chi connectivity index (χ3n) is 5.02. The molecule has 2 aromatic rings. The Bertz CT molecular complexity index is 614. The van der Waals surface area contributed by atoms with Crippen molar-refractivity contribution in [1.29, 1.82) is 0 Å². The number of benzene rings is 2. The Kier molecular flexibility index (Phi) is 3.72. The van der Waals surface area contributed by atoms with Crippen molar-refractivity contribution < 1.29 is 4.39 Å². The molecule has 1 unspecified atom stereocenters. The summed E-state index contributed by atoms with van der Waals surface area (Å²) in [6.07, 6.45) is 5.98. The minimum atomic E-state index is -0.162. The second kappa shape index (κ2) is 5.37. The molecule has 0 N–H and O–H groups in total. The van der Waals surface area contributed by atoms with Crippen LogP contribution < -0.4 is 0 Å². The lowest BCUT2D eigenvalue weighted by Crippen LogP contribution is -2.21. The van der Waals surface area contributed by atoms with E-state index in [2.05, 4.69) is 6.92 Å².